The van der Waals surface area contributed by atoms with Gasteiger partial charge in [-0.15, -0.1) is 0 Å². The molecular formula is C18H18N2O3S. The van der Waals surface area contributed by atoms with Gasteiger partial charge in [0.2, 0.25) is 10.0 Å². The molecule has 0 fully saturated rings. The fraction of sp³-hybridized carbons (Fsp3) is 0.167. The van der Waals surface area contributed by atoms with Gasteiger partial charge < -0.3 is 4.52 Å². The Balaban J connectivity index is 2.32. The minimum Gasteiger partial charge on any atom is -0.355 e. The van der Waals surface area contributed by atoms with Gasteiger partial charge in [-0.3, -0.25) is 0 Å². The van der Waals surface area contributed by atoms with E-state index in [0.717, 1.165) is 11.1 Å². The van der Waals surface area contributed by atoms with Crippen molar-refractivity contribution in [3.63, 3.8) is 0 Å². The van der Waals surface area contributed by atoms with Crippen molar-refractivity contribution in [2.75, 3.05) is 0 Å². The molecule has 6 heteroatoms. The number of primary sulfonamides is 1. The van der Waals surface area contributed by atoms with Crippen LogP contribution in [0, 0.1) is 6.92 Å². The molecule has 0 saturated carbocycles. The Hall–Kier alpha value is -2.44. The first-order valence-electron chi connectivity index (χ1n) is 7.59. The highest BCUT2D eigenvalue weighted by atomic mass is 32.2. The SMILES string of the molecule is CCc1noc(-c2cccc(C)c2)c1-c1ccccc1S(N)(=O)=O. The maximum atomic E-state index is 12.0. The maximum absolute atomic E-state index is 12.0. The van der Waals surface area contributed by atoms with Gasteiger partial charge in [0, 0.05) is 11.1 Å². The van der Waals surface area contributed by atoms with Gasteiger partial charge in [-0.2, -0.15) is 0 Å². The topological polar surface area (TPSA) is 86.2 Å². The van der Waals surface area contributed by atoms with E-state index in [9.17, 15) is 8.42 Å². The maximum Gasteiger partial charge on any atom is 0.238 e. The van der Waals surface area contributed by atoms with E-state index in [1.807, 2.05) is 38.1 Å². The van der Waals surface area contributed by atoms with E-state index in [0.29, 0.717) is 29.0 Å². The van der Waals surface area contributed by atoms with Crippen molar-refractivity contribution < 1.29 is 12.9 Å². The summed E-state index contributed by atoms with van der Waals surface area (Å²) < 4.78 is 29.5. The predicted molar refractivity (Wildman–Crippen MR) is 92.9 cm³/mol. The lowest BCUT2D eigenvalue weighted by Crippen LogP contribution is -2.13. The number of sulfonamides is 1. The third-order valence-electron chi connectivity index (χ3n) is 3.84. The van der Waals surface area contributed by atoms with Crippen LogP contribution in [-0.4, -0.2) is 13.6 Å². The van der Waals surface area contributed by atoms with Crippen molar-refractivity contribution in [3.8, 4) is 22.5 Å². The standard InChI is InChI=1S/C18H18N2O3S/c1-3-15-17(14-9-4-5-10-16(14)24(19,21)22)18(23-20-15)13-8-6-7-12(2)11-13/h4-11H,3H2,1-2H3,(H2,19,21,22). The number of nitrogens with zero attached hydrogens (tertiary/aromatic N) is 1. The first-order chi connectivity index (χ1) is 11.4. The Morgan fingerprint density at radius 1 is 1.12 bits per heavy atom. The zero-order valence-corrected chi connectivity index (χ0v) is 14.3. The number of aryl methyl sites for hydroxylation is 2. The van der Waals surface area contributed by atoms with Crippen molar-refractivity contribution in [2.45, 2.75) is 25.2 Å². The molecule has 0 atom stereocenters. The Kier molecular flexibility index (Phi) is 4.26. The third-order valence-corrected chi connectivity index (χ3v) is 4.81. The molecule has 0 aliphatic carbocycles. The van der Waals surface area contributed by atoms with Gasteiger partial charge in [0.05, 0.1) is 16.2 Å². The number of rotatable bonds is 4. The van der Waals surface area contributed by atoms with E-state index >= 15 is 0 Å². The number of nitrogens with two attached hydrogens (primary N) is 1. The molecule has 0 aliphatic heterocycles. The fourth-order valence-corrected chi connectivity index (χ4v) is 3.49. The molecule has 0 amide bonds. The fourth-order valence-electron chi connectivity index (χ4n) is 2.75. The summed E-state index contributed by atoms with van der Waals surface area (Å²) in [4.78, 5) is 0.0665. The number of hydrogen-bond donors (Lipinski definition) is 1. The van der Waals surface area contributed by atoms with Crippen LogP contribution >= 0.6 is 0 Å². The second-order valence-electron chi connectivity index (χ2n) is 5.60. The highest BCUT2D eigenvalue weighted by Gasteiger charge is 2.24. The molecular weight excluding hydrogens is 324 g/mol. The van der Waals surface area contributed by atoms with Gasteiger partial charge in [0.25, 0.3) is 0 Å². The molecule has 1 aromatic heterocycles. The summed E-state index contributed by atoms with van der Waals surface area (Å²) in [7, 11) is -3.86. The first-order valence-corrected chi connectivity index (χ1v) is 9.14. The molecule has 2 aromatic carbocycles. The van der Waals surface area contributed by atoms with Crippen LogP contribution in [0.2, 0.25) is 0 Å². The van der Waals surface area contributed by atoms with Gasteiger partial charge in [-0.05, 0) is 25.5 Å². The summed E-state index contributed by atoms with van der Waals surface area (Å²) in [6.45, 7) is 3.93. The summed E-state index contributed by atoms with van der Waals surface area (Å²) in [5, 5.41) is 9.52. The van der Waals surface area contributed by atoms with Gasteiger partial charge in [0.15, 0.2) is 5.76 Å². The smallest absolute Gasteiger partial charge is 0.238 e. The van der Waals surface area contributed by atoms with Crippen LogP contribution in [0.15, 0.2) is 57.9 Å². The molecule has 2 N–H and O–H groups in total. The van der Waals surface area contributed by atoms with Crippen molar-refractivity contribution >= 4 is 10.0 Å². The molecule has 5 nitrogen and oxygen atoms in total. The molecule has 0 aliphatic rings. The lowest BCUT2D eigenvalue weighted by atomic mass is 9.98. The number of aromatic nitrogens is 1. The Morgan fingerprint density at radius 2 is 1.88 bits per heavy atom. The first kappa shape index (κ1) is 16.4. The highest BCUT2D eigenvalue weighted by molar-refractivity contribution is 7.89. The third kappa shape index (κ3) is 2.98. The minimum atomic E-state index is -3.86. The monoisotopic (exact) mass is 342 g/mol. The van der Waals surface area contributed by atoms with Gasteiger partial charge in [-0.25, -0.2) is 13.6 Å². The van der Waals surface area contributed by atoms with Crippen LogP contribution in [0.25, 0.3) is 22.5 Å². The molecule has 0 bridgehead atoms. The van der Waals surface area contributed by atoms with E-state index in [1.54, 1.807) is 18.2 Å². The summed E-state index contributed by atoms with van der Waals surface area (Å²) in [5.74, 6) is 0.548. The largest absolute Gasteiger partial charge is 0.355 e. The zero-order valence-electron chi connectivity index (χ0n) is 13.5. The number of hydrogen-bond acceptors (Lipinski definition) is 4. The van der Waals surface area contributed by atoms with Crippen molar-refractivity contribution in [1.82, 2.24) is 5.16 Å². The van der Waals surface area contributed by atoms with E-state index < -0.39 is 10.0 Å². The Morgan fingerprint density at radius 3 is 2.54 bits per heavy atom. The summed E-state index contributed by atoms with van der Waals surface area (Å²) in [6, 6.07) is 14.4. The van der Waals surface area contributed by atoms with E-state index in [2.05, 4.69) is 5.16 Å². The molecule has 124 valence electrons. The average molecular weight is 342 g/mol. The lowest BCUT2D eigenvalue weighted by molar-refractivity contribution is 0.424. The molecule has 3 rings (SSSR count). The van der Waals surface area contributed by atoms with E-state index in [4.69, 9.17) is 9.66 Å². The van der Waals surface area contributed by atoms with Crippen LogP contribution < -0.4 is 5.14 Å². The van der Waals surface area contributed by atoms with Crippen LogP contribution in [0.4, 0.5) is 0 Å². The van der Waals surface area contributed by atoms with Crippen LogP contribution in [0.3, 0.4) is 0 Å². The zero-order chi connectivity index (χ0) is 17.3. The molecule has 0 saturated heterocycles. The number of benzene rings is 2. The minimum absolute atomic E-state index is 0.0665. The highest BCUT2D eigenvalue weighted by Crippen LogP contribution is 2.38. The van der Waals surface area contributed by atoms with Gasteiger partial charge in [-0.1, -0.05) is 54.0 Å². The molecule has 0 radical (unpaired) electrons. The molecule has 1 heterocycles. The molecule has 0 unspecified atom stereocenters. The molecule has 3 aromatic rings. The van der Waals surface area contributed by atoms with Crippen molar-refractivity contribution in [1.29, 1.82) is 0 Å². The summed E-state index contributed by atoms with van der Waals surface area (Å²) in [5.41, 5.74) is 3.80. The second-order valence-corrected chi connectivity index (χ2v) is 7.13. The molecule has 24 heavy (non-hydrogen) atoms. The van der Waals surface area contributed by atoms with Crippen molar-refractivity contribution in [2.24, 2.45) is 5.14 Å². The van der Waals surface area contributed by atoms with Crippen LogP contribution in [0.5, 0.6) is 0 Å². The normalized spacial score (nSPS) is 11.6. The Bertz CT molecular complexity index is 991. The summed E-state index contributed by atoms with van der Waals surface area (Å²) in [6.07, 6.45) is 0.615. The van der Waals surface area contributed by atoms with Gasteiger partial charge >= 0.3 is 0 Å². The van der Waals surface area contributed by atoms with Crippen LogP contribution in [0.1, 0.15) is 18.2 Å². The second kappa shape index (κ2) is 6.22. The predicted octanol–water partition coefficient (Wildman–Crippen LogP) is 3.53. The Labute approximate surface area is 141 Å². The quantitative estimate of drug-likeness (QED) is 0.786. The van der Waals surface area contributed by atoms with E-state index in [1.165, 1.54) is 6.07 Å². The summed E-state index contributed by atoms with van der Waals surface area (Å²) >= 11 is 0. The lowest BCUT2D eigenvalue weighted by Gasteiger charge is -2.09. The van der Waals surface area contributed by atoms with E-state index in [-0.39, 0.29) is 4.90 Å². The van der Waals surface area contributed by atoms with Gasteiger partial charge in [0.1, 0.15) is 0 Å². The van der Waals surface area contributed by atoms with Crippen molar-refractivity contribution in [3.05, 3.63) is 59.8 Å². The molecule has 0 spiro atoms. The van der Waals surface area contributed by atoms with Crippen LogP contribution in [-0.2, 0) is 16.4 Å². The average Bonchev–Trinajstić information content (AvgIpc) is 2.98.